The summed E-state index contributed by atoms with van der Waals surface area (Å²) < 4.78 is 12.5. The van der Waals surface area contributed by atoms with Crippen molar-refractivity contribution in [3.63, 3.8) is 0 Å². The van der Waals surface area contributed by atoms with Crippen molar-refractivity contribution in [1.29, 1.82) is 0 Å². The number of amides is 1. The van der Waals surface area contributed by atoms with E-state index in [9.17, 15) is 4.79 Å². The van der Waals surface area contributed by atoms with Gasteiger partial charge in [0, 0.05) is 6.54 Å². The molecule has 130 valence electrons. The number of hydrogen-bond acceptors (Lipinski definition) is 5. The molecule has 3 rings (SSSR count). The molecule has 2 aromatic rings. The predicted molar refractivity (Wildman–Crippen MR) is 95.7 cm³/mol. The van der Waals surface area contributed by atoms with Crippen molar-refractivity contribution in [3.05, 3.63) is 24.3 Å². The minimum absolute atomic E-state index is 0.0422. The Morgan fingerprint density at radius 2 is 2.12 bits per heavy atom. The molecule has 2 heterocycles. The zero-order chi connectivity index (χ0) is 17.2. The van der Waals surface area contributed by atoms with Crippen LogP contribution < -0.4 is 4.74 Å². The van der Waals surface area contributed by atoms with E-state index in [2.05, 4.69) is 4.98 Å². The molecule has 1 atom stereocenters. The fraction of sp³-hybridized carbons (Fsp3) is 0.556. The lowest BCUT2D eigenvalue weighted by Crippen LogP contribution is -2.48. The number of nitrogens with zero attached hydrogens (tertiary/aromatic N) is 2. The van der Waals surface area contributed by atoms with E-state index >= 15 is 0 Å². The Hall–Kier alpha value is -1.82. The maximum Gasteiger partial charge on any atom is 0.410 e. The van der Waals surface area contributed by atoms with Crippen molar-refractivity contribution >= 4 is 27.6 Å². The Morgan fingerprint density at radius 1 is 1.33 bits per heavy atom. The van der Waals surface area contributed by atoms with Crippen LogP contribution in [0.3, 0.4) is 0 Å². The first kappa shape index (κ1) is 17.0. The molecular formula is C18H24N2O3S. The molecule has 1 aromatic heterocycles. The van der Waals surface area contributed by atoms with Gasteiger partial charge in [0.2, 0.25) is 0 Å². The van der Waals surface area contributed by atoms with Crippen LogP contribution in [0.2, 0.25) is 0 Å². The molecule has 0 bridgehead atoms. The van der Waals surface area contributed by atoms with Gasteiger partial charge in [-0.25, -0.2) is 9.78 Å². The van der Waals surface area contributed by atoms with E-state index < -0.39 is 5.60 Å². The summed E-state index contributed by atoms with van der Waals surface area (Å²) in [5.41, 5.74) is 0.470. The summed E-state index contributed by atoms with van der Waals surface area (Å²) in [5, 5.41) is 0.658. The minimum Gasteiger partial charge on any atom is -0.468 e. The van der Waals surface area contributed by atoms with Crippen LogP contribution in [-0.2, 0) is 4.74 Å². The van der Waals surface area contributed by atoms with E-state index in [1.54, 1.807) is 0 Å². The van der Waals surface area contributed by atoms with Crippen molar-refractivity contribution in [3.8, 4) is 5.19 Å². The zero-order valence-electron chi connectivity index (χ0n) is 14.4. The van der Waals surface area contributed by atoms with Crippen molar-refractivity contribution in [2.75, 3.05) is 13.2 Å². The molecule has 0 radical (unpaired) electrons. The van der Waals surface area contributed by atoms with Gasteiger partial charge in [-0.2, -0.15) is 0 Å². The third-order valence-corrected chi connectivity index (χ3v) is 4.88. The minimum atomic E-state index is -0.479. The number of benzene rings is 1. The maximum atomic E-state index is 12.4. The first-order valence-electron chi connectivity index (χ1n) is 8.40. The van der Waals surface area contributed by atoms with E-state index in [1.165, 1.54) is 11.3 Å². The van der Waals surface area contributed by atoms with E-state index in [1.807, 2.05) is 49.9 Å². The second-order valence-corrected chi connectivity index (χ2v) is 8.08. The van der Waals surface area contributed by atoms with Crippen LogP contribution in [0.4, 0.5) is 4.79 Å². The van der Waals surface area contributed by atoms with Crippen molar-refractivity contribution in [1.82, 2.24) is 9.88 Å². The van der Waals surface area contributed by atoms with E-state index in [0.29, 0.717) is 11.8 Å². The highest BCUT2D eigenvalue weighted by Gasteiger charge is 2.31. The average Bonchev–Trinajstić information content (AvgIpc) is 2.94. The third kappa shape index (κ3) is 4.17. The molecule has 1 amide bonds. The maximum absolute atomic E-state index is 12.4. The van der Waals surface area contributed by atoms with Gasteiger partial charge in [0.05, 0.1) is 16.3 Å². The van der Waals surface area contributed by atoms with Crippen LogP contribution >= 0.6 is 11.3 Å². The lowest BCUT2D eigenvalue weighted by atomic mass is 10.0. The van der Waals surface area contributed by atoms with Crippen LogP contribution in [0.15, 0.2) is 24.3 Å². The molecule has 0 spiro atoms. The summed E-state index contributed by atoms with van der Waals surface area (Å²) in [6.07, 6.45) is 2.80. The summed E-state index contributed by atoms with van der Waals surface area (Å²) in [7, 11) is 0. The van der Waals surface area contributed by atoms with Gasteiger partial charge in [-0.15, -0.1) is 0 Å². The fourth-order valence-corrected chi connectivity index (χ4v) is 3.64. The normalized spacial score (nSPS) is 18.6. The van der Waals surface area contributed by atoms with E-state index in [0.717, 1.165) is 36.0 Å². The van der Waals surface area contributed by atoms with Gasteiger partial charge >= 0.3 is 6.09 Å². The second kappa shape index (κ2) is 6.97. The first-order chi connectivity index (χ1) is 11.4. The molecule has 5 nitrogen and oxygen atoms in total. The third-order valence-electron chi connectivity index (χ3n) is 3.93. The lowest BCUT2D eigenvalue weighted by Gasteiger charge is -2.36. The Labute approximate surface area is 146 Å². The number of rotatable bonds is 3. The molecular weight excluding hydrogens is 324 g/mol. The van der Waals surface area contributed by atoms with E-state index in [4.69, 9.17) is 9.47 Å². The Kier molecular flexibility index (Phi) is 4.94. The molecule has 0 saturated carbocycles. The number of ether oxygens (including phenoxy) is 2. The second-order valence-electron chi connectivity index (χ2n) is 7.08. The van der Waals surface area contributed by atoms with E-state index in [-0.39, 0.29) is 12.1 Å². The van der Waals surface area contributed by atoms with Gasteiger partial charge in [0.15, 0.2) is 0 Å². The number of carbonyl (C=O) groups excluding carboxylic acids is 1. The molecule has 0 aliphatic carbocycles. The quantitative estimate of drug-likeness (QED) is 0.821. The van der Waals surface area contributed by atoms with Gasteiger partial charge in [0.25, 0.3) is 5.19 Å². The van der Waals surface area contributed by atoms with Gasteiger partial charge in [-0.1, -0.05) is 23.5 Å². The standard InChI is InChI=1S/C18H24N2O3S/c1-18(2,3)23-17(21)20-11-7-6-8-13(20)12-22-16-19-14-9-4-5-10-15(14)24-16/h4-5,9-10,13H,6-8,11-12H2,1-3H3. The number of para-hydroxylation sites is 1. The van der Waals surface area contributed by atoms with Crippen LogP contribution in [-0.4, -0.2) is 40.8 Å². The summed E-state index contributed by atoms with van der Waals surface area (Å²) in [6.45, 7) is 6.85. The monoisotopic (exact) mass is 348 g/mol. The number of carbonyl (C=O) groups is 1. The number of likely N-dealkylation sites (tertiary alicyclic amines) is 1. The van der Waals surface area contributed by atoms with Crippen LogP contribution in [0.5, 0.6) is 5.19 Å². The summed E-state index contributed by atoms with van der Waals surface area (Å²) in [5.74, 6) is 0. The Bertz CT molecular complexity index is 675. The highest BCUT2D eigenvalue weighted by atomic mass is 32.1. The van der Waals surface area contributed by atoms with Crippen molar-refractivity contribution in [2.45, 2.75) is 51.7 Å². The molecule has 0 N–H and O–H groups in total. The Morgan fingerprint density at radius 3 is 2.88 bits per heavy atom. The summed E-state index contributed by atoms with van der Waals surface area (Å²) >= 11 is 1.54. The average molecular weight is 348 g/mol. The SMILES string of the molecule is CC(C)(C)OC(=O)N1CCCCC1COc1nc2ccccc2s1. The van der Waals surface area contributed by atoms with Gasteiger partial charge in [-0.05, 0) is 52.2 Å². The zero-order valence-corrected chi connectivity index (χ0v) is 15.3. The number of aromatic nitrogens is 1. The lowest BCUT2D eigenvalue weighted by molar-refractivity contribution is 0.00360. The highest BCUT2D eigenvalue weighted by molar-refractivity contribution is 7.20. The Balaban J connectivity index is 1.64. The number of fused-ring (bicyclic) bond motifs is 1. The predicted octanol–water partition coefficient (Wildman–Crippen LogP) is 4.46. The van der Waals surface area contributed by atoms with Crippen LogP contribution in [0.25, 0.3) is 10.2 Å². The summed E-state index contributed by atoms with van der Waals surface area (Å²) in [6, 6.07) is 8.02. The van der Waals surface area contributed by atoms with Crippen LogP contribution in [0, 0.1) is 0 Å². The number of thiazole rings is 1. The first-order valence-corrected chi connectivity index (χ1v) is 9.22. The number of piperidine rings is 1. The van der Waals surface area contributed by atoms with Crippen molar-refractivity contribution < 1.29 is 14.3 Å². The van der Waals surface area contributed by atoms with Crippen LogP contribution in [0.1, 0.15) is 40.0 Å². The molecule has 1 aliphatic rings. The summed E-state index contributed by atoms with van der Waals surface area (Å²) in [4.78, 5) is 18.7. The fourth-order valence-electron chi connectivity index (χ4n) is 2.82. The molecule has 1 aliphatic heterocycles. The molecule has 1 unspecified atom stereocenters. The van der Waals surface area contributed by atoms with Gasteiger partial charge in [0.1, 0.15) is 12.2 Å². The topological polar surface area (TPSA) is 51.7 Å². The number of hydrogen-bond donors (Lipinski definition) is 0. The molecule has 24 heavy (non-hydrogen) atoms. The highest BCUT2D eigenvalue weighted by Crippen LogP contribution is 2.28. The smallest absolute Gasteiger partial charge is 0.410 e. The van der Waals surface area contributed by atoms with Gasteiger partial charge < -0.3 is 14.4 Å². The largest absolute Gasteiger partial charge is 0.468 e. The van der Waals surface area contributed by atoms with Gasteiger partial charge in [-0.3, -0.25) is 0 Å². The van der Waals surface area contributed by atoms with Crippen molar-refractivity contribution in [2.24, 2.45) is 0 Å². The molecule has 6 heteroatoms. The molecule has 1 aromatic carbocycles. The molecule has 1 fully saturated rings. The molecule has 1 saturated heterocycles.